The first kappa shape index (κ1) is 20.6. The second-order valence-corrected chi connectivity index (χ2v) is 9.87. The van der Waals surface area contributed by atoms with Gasteiger partial charge in [-0.05, 0) is 6.92 Å². The molecule has 0 aliphatic carbocycles. The van der Waals surface area contributed by atoms with Crippen molar-refractivity contribution < 1.29 is 22.1 Å². The highest BCUT2D eigenvalue weighted by Crippen LogP contribution is 2.33. The van der Waals surface area contributed by atoms with Gasteiger partial charge >= 0.3 is 6.18 Å². The molecule has 0 amide bonds. The van der Waals surface area contributed by atoms with Crippen molar-refractivity contribution in [2.45, 2.75) is 19.1 Å². The zero-order valence-electron chi connectivity index (χ0n) is 16.5. The summed E-state index contributed by atoms with van der Waals surface area (Å²) in [4.78, 5) is 6.64. The first-order chi connectivity index (χ1) is 14.0. The maximum Gasteiger partial charge on any atom is 0.432 e. The molecule has 0 unspecified atom stereocenters. The van der Waals surface area contributed by atoms with Gasteiger partial charge in [-0.25, -0.2) is 9.19 Å². The largest absolute Gasteiger partial charge is 0.432 e. The van der Waals surface area contributed by atoms with E-state index in [1.54, 1.807) is 6.07 Å². The summed E-state index contributed by atoms with van der Waals surface area (Å²) in [6.07, 6.45) is -0.124. The van der Waals surface area contributed by atoms with Gasteiger partial charge in [-0.2, -0.15) is 32.4 Å². The molecule has 30 heavy (non-hydrogen) atoms. The Morgan fingerprint density at radius 3 is 2.70 bits per heavy atom. The smallest absolute Gasteiger partial charge is 0.377 e. The quantitative estimate of drug-likeness (QED) is 0.668. The second kappa shape index (κ2) is 7.23. The monoisotopic (exact) mass is 443 g/mol. The van der Waals surface area contributed by atoms with Crippen molar-refractivity contribution >= 4 is 32.3 Å². The first-order valence-corrected chi connectivity index (χ1v) is 11.4. The molecule has 1 N–H and O–H groups in total. The number of halogens is 3. The molecule has 4 heterocycles. The number of hydrogen-bond acceptors (Lipinski definition) is 7. The molecule has 0 bridgehead atoms. The number of aromatic nitrogens is 5. The van der Waals surface area contributed by atoms with E-state index in [0.717, 1.165) is 6.07 Å². The maximum atomic E-state index is 13.0. The lowest BCUT2D eigenvalue weighted by Crippen LogP contribution is -2.44. The van der Waals surface area contributed by atoms with Gasteiger partial charge in [0.15, 0.2) is 11.5 Å². The zero-order chi connectivity index (χ0) is 21.7. The summed E-state index contributed by atoms with van der Waals surface area (Å²) in [7, 11) is -2.50. The fourth-order valence-corrected chi connectivity index (χ4v) is 3.86. The number of anilines is 1. The van der Waals surface area contributed by atoms with E-state index >= 15 is 0 Å². The number of nitrogens with one attached hydrogen (secondary N) is 1. The number of rotatable bonds is 3. The molecule has 1 aliphatic heterocycles. The van der Waals surface area contributed by atoms with Gasteiger partial charge in [0, 0.05) is 40.9 Å². The molecule has 1 saturated heterocycles. The number of alkyl halides is 3. The average Bonchev–Trinajstić information content (AvgIpc) is 3.27. The van der Waals surface area contributed by atoms with Crippen LogP contribution in [0.1, 0.15) is 12.6 Å². The van der Waals surface area contributed by atoms with Gasteiger partial charge in [0.1, 0.15) is 11.5 Å². The SMILES string of the molecule is C[C@@H]1COCCN1c1cc(N=S(C)(C)=O)c2cnn(-c3cc(C(F)(F)F)[nH]n3)c2n1. The van der Waals surface area contributed by atoms with E-state index < -0.39 is 21.6 Å². The lowest BCUT2D eigenvalue weighted by Gasteiger charge is -2.34. The number of pyridine rings is 1. The Morgan fingerprint density at radius 2 is 2.07 bits per heavy atom. The van der Waals surface area contributed by atoms with Gasteiger partial charge in [-0.1, -0.05) is 0 Å². The van der Waals surface area contributed by atoms with E-state index in [-0.39, 0.29) is 17.5 Å². The first-order valence-electron chi connectivity index (χ1n) is 9.06. The topological polar surface area (TPSA) is 101 Å². The minimum absolute atomic E-state index is 0.0303. The van der Waals surface area contributed by atoms with Crippen LogP contribution < -0.4 is 4.90 Å². The molecule has 1 aliphatic rings. The summed E-state index contributed by atoms with van der Waals surface area (Å²) in [5.74, 6) is 0.491. The maximum absolute atomic E-state index is 13.0. The molecule has 13 heteroatoms. The van der Waals surface area contributed by atoms with Crippen LogP contribution in [0.5, 0.6) is 0 Å². The zero-order valence-corrected chi connectivity index (χ0v) is 17.3. The predicted octanol–water partition coefficient (Wildman–Crippen LogP) is 2.75. The number of morpholine rings is 1. The summed E-state index contributed by atoms with van der Waals surface area (Å²) in [5, 5.41) is 10.3. The summed E-state index contributed by atoms with van der Waals surface area (Å²) >= 11 is 0. The predicted molar refractivity (Wildman–Crippen MR) is 106 cm³/mol. The Kier molecular flexibility index (Phi) is 4.97. The molecular weight excluding hydrogens is 423 g/mol. The molecule has 1 fully saturated rings. The third-order valence-electron chi connectivity index (χ3n) is 4.57. The molecule has 1 atom stereocenters. The van der Waals surface area contributed by atoms with Crippen LogP contribution in [0.3, 0.4) is 0 Å². The van der Waals surface area contributed by atoms with E-state index in [9.17, 15) is 17.4 Å². The molecule has 162 valence electrons. The summed E-state index contributed by atoms with van der Waals surface area (Å²) in [5.41, 5.74) is -0.315. The standard InChI is InChI=1S/C17H20F3N7O2S/c1-10-9-29-5-4-26(10)14-6-12(25-30(2,3)28)11-8-21-27(16(11)22-14)15-7-13(23-24-15)17(18,19)20/h6-8,10H,4-5,9H2,1-3H3,(H,23,24)/t10-/m1/s1. The van der Waals surface area contributed by atoms with Crippen LogP contribution in [-0.2, 0) is 20.6 Å². The van der Waals surface area contributed by atoms with Crippen LogP contribution in [-0.4, -0.2) is 67.5 Å². The van der Waals surface area contributed by atoms with Crippen molar-refractivity contribution in [2.75, 3.05) is 37.2 Å². The molecule has 0 radical (unpaired) electrons. The number of nitrogens with zero attached hydrogens (tertiary/aromatic N) is 6. The normalized spacial score (nSPS) is 18.2. The number of fused-ring (bicyclic) bond motifs is 1. The van der Waals surface area contributed by atoms with Crippen molar-refractivity contribution in [1.29, 1.82) is 0 Å². The molecule has 3 aromatic heterocycles. The molecule has 3 aromatic rings. The van der Waals surface area contributed by atoms with Crippen molar-refractivity contribution in [3.8, 4) is 5.82 Å². The fourth-order valence-electron chi connectivity index (χ4n) is 3.23. The van der Waals surface area contributed by atoms with Gasteiger partial charge in [-0.3, -0.25) is 5.10 Å². The lowest BCUT2D eigenvalue weighted by molar-refractivity contribution is -0.141. The Bertz CT molecular complexity index is 1200. The number of ether oxygens (including phenoxy) is 1. The second-order valence-electron chi connectivity index (χ2n) is 7.32. The van der Waals surface area contributed by atoms with E-state index in [0.29, 0.717) is 36.6 Å². The summed E-state index contributed by atoms with van der Waals surface area (Å²) in [6, 6.07) is 2.61. The minimum atomic E-state index is -4.56. The number of hydrogen-bond donors (Lipinski definition) is 1. The Morgan fingerprint density at radius 1 is 1.30 bits per heavy atom. The van der Waals surface area contributed by atoms with E-state index in [1.807, 2.05) is 16.9 Å². The van der Waals surface area contributed by atoms with Crippen LogP contribution in [0, 0.1) is 0 Å². The van der Waals surface area contributed by atoms with E-state index in [2.05, 4.69) is 19.5 Å². The Hall–Kier alpha value is -2.67. The molecule has 0 spiro atoms. The Labute approximate surface area is 170 Å². The van der Waals surface area contributed by atoms with Crippen LogP contribution in [0.4, 0.5) is 24.7 Å². The molecule has 9 nitrogen and oxygen atoms in total. The van der Waals surface area contributed by atoms with Gasteiger partial charge < -0.3 is 9.64 Å². The molecule has 4 rings (SSSR count). The van der Waals surface area contributed by atoms with Crippen LogP contribution in [0.2, 0.25) is 0 Å². The Balaban J connectivity index is 1.91. The average molecular weight is 443 g/mol. The fraction of sp³-hybridized carbons (Fsp3) is 0.471. The molecular formula is C17H20F3N7O2S. The van der Waals surface area contributed by atoms with Gasteiger partial charge in [0.05, 0.1) is 36.5 Å². The van der Waals surface area contributed by atoms with Crippen LogP contribution in [0.15, 0.2) is 22.7 Å². The van der Waals surface area contributed by atoms with Gasteiger partial charge in [0.2, 0.25) is 0 Å². The van der Waals surface area contributed by atoms with Crippen molar-refractivity contribution in [2.24, 2.45) is 4.36 Å². The highest BCUT2D eigenvalue weighted by molar-refractivity contribution is 7.92. The number of aromatic amines is 1. The van der Waals surface area contributed by atoms with Crippen molar-refractivity contribution in [3.05, 3.63) is 24.0 Å². The van der Waals surface area contributed by atoms with Crippen LogP contribution in [0.25, 0.3) is 16.9 Å². The lowest BCUT2D eigenvalue weighted by atomic mass is 10.2. The highest BCUT2D eigenvalue weighted by Gasteiger charge is 2.33. The van der Waals surface area contributed by atoms with Gasteiger partial charge in [0.25, 0.3) is 0 Å². The van der Waals surface area contributed by atoms with E-state index in [1.165, 1.54) is 23.4 Å². The van der Waals surface area contributed by atoms with Crippen molar-refractivity contribution in [3.63, 3.8) is 0 Å². The minimum Gasteiger partial charge on any atom is -0.377 e. The molecule has 0 saturated carbocycles. The van der Waals surface area contributed by atoms with Crippen LogP contribution >= 0.6 is 0 Å². The number of H-pyrrole nitrogens is 1. The third-order valence-corrected chi connectivity index (χ3v) is 5.21. The molecule has 0 aromatic carbocycles. The van der Waals surface area contributed by atoms with E-state index in [4.69, 9.17) is 4.74 Å². The summed E-state index contributed by atoms with van der Waals surface area (Å²) in [6.45, 7) is 3.59. The van der Waals surface area contributed by atoms with Crippen molar-refractivity contribution in [1.82, 2.24) is 25.0 Å². The van der Waals surface area contributed by atoms with Gasteiger partial charge in [-0.15, -0.1) is 0 Å². The summed E-state index contributed by atoms with van der Waals surface area (Å²) < 4.78 is 62.3. The highest BCUT2D eigenvalue weighted by atomic mass is 32.2. The third kappa shape index (κ3) is 3.99.